The minimum Gasteiger partial charge on any atom is -0.354 e. The Kier molecular flexibility index (Phi) is 3.87. The highest BCUT2D eigenvalue weighted by molar-refractivity contribution is 5.59. The molecule has 0 spiro atoms. The van der Waals surface area contributed by atoms with E-state index in [1.807, 2.05) is 6.92 Å². The summed E-state index contributed by atoms with van der Waals surface area (Å²) in [5.41, 5.74) is 0.403. The number of hydrogen-bond acceptors (Lipinski definition) is 4. The van der Waals surface area contributed by atoms with Crippen molar-refractivity contribution in [2.75, 3.05) is 17.2 Å². The number of nitrogens with one attached hydrogen (secondary N) is 2. The molecule has 0 radical (unpaired) electrons. The Morgan fingerprint density at radius 1 is 1.09 bits per heavy atom. The van der Waals surface area contributed by atoms with Gasteiger partial charge in [0.05, 0.1) is 5.69 Å². The molecule has 1 aliphatic rings. The van der Waals surface area contributed by atoms with E-state index in [1.165, 1.54) is 0 Å². The fourth-order valence-corrected chi connectivity index (χ4v) is 2.15. The molecule has 0 bridgehead atoms. The molecular weight excluding hydrogens is 293 g/mol. The highest BCUT2D eigenvalue weighted by Crippen LogP contribution is 2.40. The Hall–Kier alpha value is -2.31. The average Bonchev–Trinajstić information content (AvgIpc) is 3.27. The summed E-state index contributed by atoms with van der Waals surface area (Å²) in [6.45, 7) is 2.53. The standard InChI is InChI=1S/C15H15F3N4/c1-2-19-15-20-12(8-3-4-8)7-13(22-15)21-14-10(17)5-9(16)6-11(14)18/h5-8H,2-4H2,1H3,(H2,19,20,21,22). The van der Waals surface area contributed by atoms with Crippen molar-refractivity contribution in [1.82, 2.24) is 9.97 Å². The van der Waals surface area contributed by atoms with E-state index >= 15 is 0 Å². The van der Waals surface area contributed by atoms with Gasteiger partial charge >= 0.3 is 0 Å². The van der Waals surface area contributed by atoms with Gasteiger partial charge in [0.1, 0.15) is 17.3 Å². The van der Waals surface area contributed by atoms with E-state index in [2.05, 4.69) is 20.6 Å². The first-order valence-electron chi connectivity index (χ1n) is 7.11. The van der Waals surface area contributed by atoms with Crippen LogP contribution >= 0.6 is 0 Å². The first-order chi connectivity index (χ1) is 10.6. The molecule has 2 aromatic rings. The third kappa shape index (κ3) is 3.13. The average molecular weight is 308 g/mol. The van der Waals surface area contributed by atoms with Crippen molar-refractivity contribution in [3.05, 3.63) is 41.3 Å². The summed E-state index contributed by atoms with van der Waals surface area (Å²) in [5, 5.41) is 5.57. The highest BCUT2D eigenvalue weighted by atomic mass is 19.1. The van der Waals surface area contributed by atoms with Gasteiger partial charge in [-0.15, -0.1) is 0 Å². The quantitative estimate of drug-likeness (QED) is 0.878. The van der Waals surface area contributed by atoms with E-state index in [0.717, 1.165) is 18.5 Å². The van der Waals surface area contributed by atoms with Crippen LogP contribution in [0.15, 0.2) is 18.2 Å². The van der Waals surface area contributed by atoms with Gasteiger partial charge in [0.25, 0.3) is 0 Å². The van der Waals surface area contributed by atoms with Crippen LogP contribution in [0.25, 0.3) is 0 Å². The molecule has 22 heavy (non-hydrogen) atoms. The number of rotatable bonds is 5. The third-order valence-electron chi connectivity index (χ3n) is 3.34. The summed E-state index contributed by atoms with van der Waals surface area (Å²) in [6, 6.07) is 2.92. The van der Waals surface area contributed by atoms with Crippen molar-refractivity contribution in [3.8, 4) is 0 Å². The molecule has 7 heteroatoms. The number of halogens is 3. The molecule has 1 aromatic heterocycles. The molecule has 0 saturated heterocycles. The van der Waals surface area contributed by atoms with Gasteiger partial charge in [0, 0.05) is 30.7 Å². The van der Waals surface area contributed by atoms with E-state index in [-0.39, 0.29) is 5.82 Å². The number of benzene rings is 1. The number of aromatic nitrogens is 2. The van der Waals surface area contributed by atoms with E-state index < -0.39 is 23.1 Å². The third-order valence-corrected chi connectivity index (χ3v) is 3.34. The van der Waals surface area contributed by atoms with Gasteiger partial charge in [0.2, 0.25) is 5.95 Å². The van der Waals surface area contributed by atoms with E-state index in [9.17, 15) is 13.2 Å². The molecule has 1 fully saturated rings. The molecule has 3 rings (SSSR count). The van der Waals surface area contributed by atoms with Crippen LogP contribution in [0.4, 0.5) is 30.6 Å². The van der Waals surface area contributed by atoms with Crippen molar-refractivity contribution in [1.29, 1.82) is 0 Å². The van der Waals surface area contributed by atoms with Crippen LogP contribution in [0, 0.1) is 17.5 Å². The summed E-state index contributed by atoms with van der Waals surface area (Å²) in [4.78, 5) is 8.55. The number of anilines is 3. The molecule has 2 N–H and O–H groups in total. The van der Waals surface area contributed by atoms with Crippen molar-refractivity contribution in [3.63, 3.8) is 0 Å². The van der Waals surface area contributed by atoms with Gasteiger partial charge in [-0.3, -0.25) is 0 Å². The van der Waals surface area contributed by atoms with Gasteiger partial charge < -0.3 is 10.6 Å². The zero-order valence-corrected chi connectivity index (χ0v) is 12.0. The maximum Gasteiger partial charge on any atom is 0.224 e. The van der Waals surface area contributed by atoms with Crippen molar-refractivity contribution < 1.29 is 13.2 Å². The van der Waals surface area contributed by atoms with Crippen molar-refractivity contribution in [2.45, 2.75) is 25.7 Å². The predicted octanol–water partition coefficient (Wildman–Crippen LogP) is 3.95. The van der Waals surface area contributed by atoms with Gasteiger partial charge in [-0.1, -0.05) is 0 Å². The molecule has 1 aliphatic carbocycles. The SMILES string of the molecule is CCNc1nc(Nc2c(F)cc(F)cc2F)cc(C2CC2)n1. The topological polar surface area (TPSA) is 49.8 Å². The molecule has 0 atom stereocenters. The van der Waals surface area contributed by atoms with Crippen LogP contribution < -0.4 is 10.6 Å². The van der Waals surface area contributed by atoms with Crippen LogP contribution in [0.5, 0.6) is 0 Å². The van der Waals surface area contributed by atoms with Crippen LogP contribution in [0.1, 0.15) is 31.4 Å². The molecule has 0 aliphatic heterocycles. The summed E-state index contributed by atoms with van der Waals surface area (Å²) in [6.07, 6.45) is 2.09. The second kappa shape index (κ2) is 5.82. The largest absolute Gasteiger partial charge is 0.354 e. The lowest BCUT2D eigenvalue weighted by Crippen LogP contribution is -2.07. The lowest BCUT2D eigenvalue weighted by Gasteiger charge is -2.11. The lowest BCUT2D eigenvalue weighted by atomic mass is 10.2. The molecule has 0 unspecified atom stereocenters. The van der Waals surface area contributed by atoms with Crippen LogP contribution in [-0.4, -0.2) is 16.5 Å². The highest BCUT2D eigenvalue weighted by Gasteiger charge is 2.26. The summed E-state index contributed by atoms with van der Waals surface area (Å²) in [5.74, 6) is -1.93. The molecule has 1 aromatic carbocycles. The van der Waals surface area contributed by atoms with Gasteiger partial charge in [0.15, 0.2) is 11.6 Å². The van der Waals surface area contributed by atoms with Gasteiger partial charge in [-0.2, -0.15) is 4.98 Å². The fourth-order valence-electron chi connectivity index (χ4n) is 2.15. The fraction of sp³-hybridized carbons (Fsp3) is 0.333. The smallest absolute Gasteiger partial charge is 0.224 e. The van der Waals surface area contributed by atoms with Gasteiger partial charge in [-0.25, -0.2) is 18.2 Å². The second-order valence-corrected chi connectivity index (χ2v) is 5.18. The van der Waals surface area contributed by atoms with E-state index in [4.69, 9.17) is 0 Å². The van der Waals surface area contributed by atoms with Gasteiger partial charge in [-0.05, 0) is 19.8 Å². The Morgan fingerprint density at radius 3 is 2.36 bits per heavy atom. The Bertz CT molecular complexity index is 678. The zero-order chi connectivity index (χ0) is 15.7. The Labute approximate surface area is 125 Å². The molecule has 1 saturated carbocycles. The van der Waals surface area contributed by atoms with Crippen molar-refractivity contribution in [2.24, 2.45) is 0 Å². The lowest BCUT2D eigenvalue weighted by molar-refractivity contribution is 0.548. The minimum atomic E-state index is -1.01. The molecule has 4 nitrogen and oxygen atoms in total. The zero-order valence-electron chi connectivity index (χ0n) is 12.0. The molecular formula is C15H15F3N4. The molecule has 116 valence electrons. The summed E-state index contributed by atoms with van der Waals surface area (Å²) >= 11 is 0. The maximum atomic E-state index is 13.7. The maximum absolute atomic E-state index is 13.7. The normalized spacial score (nSPS) is 14.0. The second-order valence-electron chi connectivity index (χ2n) is 5.18. The van der Waals surface area contributed by atoms with Crippen LogP contribution in [0.2, 0.25) is 0 Å². The monoisotopic (exact) mass is 308 g/mol. The van der Waals surface area contributed by atoms with Crippen LogP contribution in [-0.2, 0) is 0 Å². The van der Waals surface area contributed by atoms with Crippen molar-refractivity contribution >= 4 is 17.5 Å². The molecule has 0 amide bonds. The van der Waals surface area contributed by atoms with E-state index in [1.54, 1.807) is 6.07 Å². The first-order valence-corrected chi connectivity index (χ1v) is 7.11. The first kappa shape index (κ1) is 14.6. The number of nitrogens with zero attached hydrogens (tertiary/aromatic N) is 2. The van der Waals surface area contributed by atoms with Crippen LogP contribution in [0.3, 0.4) is 0 Å². The Balaban J connectivity index is 1.94. The minimum absolute atomic E-state index is 0.275. The Morgan fingerprint density at radius 2 is 1.77 bits per heavy atom. The predicted molar refractivity (Wildman–Crippen MR) is 77.8 cm³/mol. The van der Waals surface area contributed by atoms with E-state index in [0.29, 0.717) is 30.5 Å². The summed E-state index contributed by atoms with van der Waals surface area (Å²) < 4.78 is 40.4. The molecule has 1 heterocycles. The summed E-state index contributed by atoms with van der Waals surface area (Å²) in [7, 11) is 0. The number of hydrogen-bond donors (Lipinski definition) is 2.